The van der Waals surface area contributed by atoms with E-state index in [1.54, 1.807) is 21.3 Å². The third-order valence-corrected chi connectivity index (χ3v) is 3.63. The van der Waals surface area contributed by atoms with Crippen LogP contribution in [0.15, 0.2) is 35.0 Å². The lowest BCUT2D eigenvalue weighted by molar-refractivity contribution is -0.118. The number of ether oxygens (including phenoxy) is 3. The highest BCUT2D eigenvalue weighted by Crippen LogP contribution is 2.46. The Morgan fingerprint density at radius 1 is 1.05 bits per heavy atom. The Morgan fingerprint density at radius 3 is 2.05 bits per heavy atom. The minimum atomic E-state index is -0.997. The van der Waals surface area contributed by atoms with Crippen molar-refractivity contribution in [2.75, 3.05) is 21.3 Å². The fourth-order valence-electron chi connectivity index (χ4n) is 2.49. The van der Waals surface area contributed by atoms with Gasteiger partial charge in [0, 0.05) is 25.3 Å². The molecule has 1 aliphatic rings. The predicted molar refractivity (Wildman–Crippen MR) is 84.7 cm³/mol. The number of hydrogen-bond donors (Lipinski definition) is 0. The number of rotatable bonds is 5. The summed E-state index contributed by atoms with van der Waals surface area (Å²) in [6.45, 7) is 3.99. The Kier molecular flexibility index (Phi) is 4.71. The molecule has 1 aromatic carbocycles. The van der Waals surface area contributed by atoms with E-state index in [4.69, 9.17) is 25.8 Å². The molecule has 0 radical (unpaired) electrons. The van der Waals surface area contributed by atoms with E-state index >= 15 is 0 Å². The van der Waals surface area contributed by atoms with Gasteiger partial charge in [0.25, 0.3) is 0 Å². The summed E-state index contributed by atoms with van der Waals surface area (Å²) in [6.07, 6.45) is 0. The molecule has 21 heavy (non-hydrogen) atoms. The van der Waals surface area contributed by atoms with Gasteiger partial charge in [-0.25, -0.2) is 0 Å². The molecule has 0 saturated carbocycles. The molecule has 0 fully saturated rings. The summed E-state index contributed by atoms with van der Waals surface area (Å²) in [5.41, 5.74) is 2.43. The summed E-state index contributed by atoms with van der Waals surface area (Å²) >= 11 is 5.95. The van der Waals surface area contributed by atoms with Crippen LogP contribution in [0, 0.1) is 0 Å². The fraction of sp³-hybridized carbons (Fsp3) is 0.438. The number of aliphatic imine (C=N–C) groups is 1. The third kappa shape index (κ3) is 2.59. The van der Waals surface area contributed by atoms with Gasteiger partial charge in [-0.05, 0) is 31.5 Å². The van der Waals surface area contributed by atoms with Gasteiger partial charge in [0.2, 0.25) is 5.79 Å². The first kappa shape index (κ1) is 16.0. The zero-order valence-electron chi connectivity index (χ0n) is 12.9. The number of hydrogen-bond acceptors (Lipinski definition) is 4. The Labute approximate surface area is 130 Å². The van der Waals surface area contributed by atoms with Gasteiger partial charge >= 0.3 is 0 Å². The van der Waals surface area contributed by atoms with Gasteiger partial charge in [-0.2, -0.15) is 0 Å². The van der Waals surface area contributed by atoms with Crippen LogP contribution in [0.25, 0.3) is 5.57 Å². The van der Waals surface area contributed by atoms with E-state index in [0.717, 1.165) is 11.1 Å². The van der Waals surface area contributed by atoms with Gasteiger partial charge < -0.3 is 14.2 Å². The molecule has 0 spiro atoms. The molecule has 0 heterocycles. The molecule has 5 heteroatoms. The molecule has 114 valence electrons. The average Bonchev–Trinajstić information content (AvgIpc) is 2.46. The van der Waals surface area contributed by atoms with E-state index < -0.39 is 5.79 Å². The molecule has 4 nitrogen and oxygen atoms in total. The summed E-state index contributed by atoms with van der Waals surface area (Å²) in [7, 11) is 4.82. The Hall–Kier alpha value is -1.36. The Balaban J connectivity index is 2.61. The first-order valence-electron chi connectivity index (χ1n) is 6.73. The maximum absolute atomic E-state index is 5.95. The van der Waals surface area contributed by atoms with Crippen molar-refractivity contribution in [3.05, 3.63) is 40.6 Å². The highest BCUT2D eigenvalue weighted by Gasteiger charge is 2.55. The minimum absolute atomic E-state index is 0.113. The lowest BCUT2D eigenvalue weighted by Crippen LogP contribution is -2.54. The average molecular weight is 310 g/mol. The molecule has 0 bridgehead atoms. The monoisotopic (exact) mass is 309 g/mol. The van der Waals surface area contributed by atoms with Crippen molar-refractivity contribution in [3.63, 3.8) is 0 Å². The van der Waals surface area contributed by atoms with E-state index in [0.29, 0.717) is 16.5 Å². The number of methoxy groups -OCH3 is 3. The zero-order valence-corrected chi connectivity index (χ0v) is 13.7. The Morgan fingerprint density at radius 2 is 1.62 bits per heavy atom. The van der Waals surface area contributed by atoms with E-state index in [1.807, 2.05) is 38.1 Å². The number of halogens is 1. The summed E-state index contributed by atoms with van der Waals surface area (Å²) in [5.74, 6) is -0.307. The first-order valence-corrected chi connectivity index (χ1v) is 7.11. The summed E-state index contributed by atoms with van der Waals surface area (Å²) < 4.78 is 16.8. The molecule has 0 N–H and O–H groups in total. The largest absolute Gasteiger partial charge is 0.494 e. The van der Waals surface area contributed by atoms with Crippen molar-refractivity contribution >= 4 is 22.9 Å². The fourth-order valence-corrected chi connectivity index (χ4v) is 2.62. The van der Waals surface area contributed by atoms with Crippen molar-refractivity contribution < 1.29 is 14.2 Å². The van der Waals surface area contributed by atoms with Gasteiger partial charge in [0.15, 0.2) is 5.76 Å². The van der Waals surface area contributed by atoms with E-state index in [2.05, 4.69) is 4.99 Å². The normalized spacial score (nSPS) is 19.1. The number of nitrogens with zero attached hydrogens (tertiary/aromatic N) is 1. The van der Waals surface area contributed by atoms with Crippen LogP contribution < -0.4 is 0 Å². The van der Waals surface area contributed by atoms with Crippen molar-refractivity contribution in [3.8, 4) is 0 Å². The maximum Gasteiger partial charge on any atom is 0.247 e. The van der Waals surface area contributed by atoms with Crippen molar-refractivity contribution in [2.45, 2.75) is 25.7 Å². The van der Waals surface area contributed by atoms with Crippen molar-refractivity contribution in [2.24, 2.45) is 4.99 Å². The summed E-state index contributed by atoms with van der Waals surface area (Å²) in [4.78, 5) is 4.58. The van der Waals surface area contributed by atoms with Crippen LogP contribution in [0.4, 0.5) is 0 Å². The lowest BCUT2D eigenvalue weighted by atomic mass is 9.80. The highest BCUT2D eigenvalue weighted by atomic mass is 35.5. The molecular formula is C16H20ClNO3. The highest BCUT2D eigenvalue weighted by molar-refractivity contribution is 6.30. The van der Waals surface area contributed by atoms with E-state index in [9.17, 15) is 0 Å². The smallest absolute Gasteiger partial charge is 0.247 e. The number of benzene rings is 1. The summed E-state index contributed by atoms with van der Waals surface area (Å²) in [6, 6.07) is 7.59. The van der Waals surface area contributed by atoms with Gasteiger partial charge in [0.05, 0.1) is 12.7 Å². The SMILES string of the molecule is COC1=C(c2ccc(Cl)cc2)C(OC)(OC)C1=NC(C)C. The Bertz CT molecular complexity index is 572. The second-order valence-electron chi connectivity index (χ2n) is 5.01. The first-order chi connectivity index (χ1) is 10.00. The zero-order chi connectivity index (χ0) is 15.6. The molecule has 0 saturated heterocycles. The van der Waals surface area contributed by atoms with E-state index in [1.165, 1.54) is 0 Å². The molecule has 1 aromatic rings. The second-order valence-corrected chi connectivity index (χ2v) is 5.45. The van der Waals surface area contributed by atoms with Crippen LogP contribution >= 0.6 is 11.6 Å². The van der Waals surface area contributed by atoms with Crippen molar-refractivity contribution in [1.82, 2.24) is 0 Å². The molecule has 0 unspecified atom stereocenters. The maximum atomic E-state index is 5.95. The predicted octanol–water partition coefficient (Wildman–Crippen LogP) is 3.55. The van der Waals surface area contributed by atoms with Gasteiger partial charge in [-0.3, -0.25) is 4.99 Å². The third-order valence-electron chi connectivity index (χ3n) is 3.38. The second kappa shape index (κ2) is 6.18. The van der Waals surface area contributed by atoms with Crippen molar-refractivity contribution in [1.29, 1.82) is 0 Å². The summed E-state index contributed by atoms with van der Waals surface area (Å²) in [5, 5.41) is 0.675. The van der Waals surface area contributed by atoms with Crippen LogP contribution in [0.3, 0.4) is 0 Å². The molecule has 0 amide bonds. The lowest BCUT2D eigenvalue weighted by Gasteiger charge is -2.43. The molecular weight excluding hydrogens is 290 g/mol. The van der Waals surface area contributed by atoms with Gasteiger partial charge in [0.1, 0.15) is 5.71 Å². The standard InChI is InChI=1S/C16H20ClNO3/c1-10(2)18-15-14(19-3)13(16(15,20-4)21-5)11-6-8-12(17)9-7-11/h6-10H,1-5H3. The molecule has 0 atom stereocenters. The minimum Gasteiger partial charge on any atom is -0.494 e. The van der Waals surface area contributed by atoms with Crippen LogP contribution in [0.5, 0.6) is 0 Å². The quantitative estimate of drug-likeness (QED) is 0.781. The van der Waals surface area contributed by atoms with Crippen LogP contribution in [-0.2, 0) is 14.2 Å². The van der Waals surface area contributed by atoms with Crippen LogP contribution in [-0.4, -0.2) is 38.9 Å². The molecule has 0 aromatic heterocycles. The van der Waals surface area contributed by atoms with Crippen LogP contribution in [0.1, 0.15) is 19.4 Å². The van der Waals surface area contributed by atoms with Crippen LogP contribution in [0.2, 0.25) is 5.02 Å². The van der Waals surface area contributed by atoms with Gasteiger partial charge in [-0.1, -0.05) is 23.7 Å². The van der Waals surface area contributed by atoms with Gasteiger partial charge in [-0.15, -0.1) is 0 Å². The van der Waals surface area contributed by atoms with E-state index in [-0.39, 0.29) is 6.04 Å². The molecule has 1 aliphatic carbocycles. The topological polar surface area (TPSA) is 40.0 Å². The molecule has 2 rings (SSSR count). The molecule has 0 aliphatic heterocycles.